The minimum Gasteiger partial charge on any atom is -0.0622 e. The molecule has 0 aromatic heterocycles. The van der Waals surface area contributed by atoms with Gasteiger partial charge in [0.05, 0.1) is 0 Å². The Hall–Kier alpha value is -16.4. The lowest BCUT2D eigenvalue weighted by molar-refractivity contribution is 1.36. The number of aryl methyl sites for hydroxylation is 12. The van der Waals surface area contributed by atoms with Gasteiger partial charge in [-0.25, -0.2) is 0 Å². The summed E-state index contributed by atoms with van der Waals surface area (Å²) in [6.45, 7) is 26.9. The van der Waals surface area contributed by atoms with Crippen LogP contribution >= 0.6 is 0 Å². The SMILES string of the molecule is Cc1cc2c(-c3cc(-c4ccccc4)cc(-c4ccccc4)c3)c3cc(C)c(C)cc3c(-c3cc(-c4ccccc4)cc(-c4ccccc4)c3)c2cc1C.Cc1cc2c(-c3ccc(-c4ccccc4)cc3)c3cc(C)c(C)cc3c(-c3ccc(-c4ccccc4)cc3)c2cc1C.Cc1cc2c(-c3cccc(-c4ccccc4)c3)c3cc(C)c(C)cc3c(-c3cccc(-c4ccccc4)c3)c2cc1C. The van der Waals surface area contributed by atoms with Crippen LogP contribution in [0.15, 0.2) is 449 Å². The molecule has 0 saturated heterocycles. The maximum absolute atomic E-state index is 2.44. The molecule has 0 nitrogen and oxygen atoms in total. The van der Waals surface area contributed by atoms with Crippen molar-refractivity contribution in [2.75, 3.05) is 0 Å². The number of hydrogen-bond acceptors (Lipinski definition) is 0. The van der Waals surface area contributed by atoms with Crippen molar-refractivity contribution in [3.05, 3.63) is 516 Å². The van der Waals surface area contributed by atoms with Crippen molar-refractivity contribution in [2.24, 2.45) is 0 Å². The molecule has 23 aromatic carbocycles. The van der Waals surface area contributed by atoms with Crippen LogP contribution in [0.4, 0.5) is 0 Å². The molecule has 0 atom stereocenters. The van der Waals surface area contributed by atoms with Crippen LogP contribution in [0.2, 0.25) is 0 Å². The topological polar surface area (TPSA) is 0 Å². The average molecular weight is 1770 g/mol. The van der Waals surface area contributed by atoms with Gasteiger partial charge >= 0.3 is 0 Å². The summed E-state index contributed by atoms with van der Waals surface area (Å²) in [6, 6.07) is 166. The Kier molecular flexibility index (Phi) is 24.2. The van der Waals surface area contributed by atoms with Gasteiger partial charge in [-0.2, -0.15) is 0 Å². The molecule has 138 heavy (non-hydrogen) atoms. The van der Waals surface area contributed by atoms with Gasteiger partial charge in [0.2, 0.25) is 0 Å². The highest BCUT2D eigenvalue weighted by Crippen LogP contribution is 2.52. The van der Waals surface area contributed by atoms with Crippen molar-refractivity contribution in [2.45, 2.75) is 83.1 Å². The Balaban J connectivity index is 0.000000125. The third kappa shape index (κ3) is 17.3. The second-order valence-electron chi connectivity index (χ2n) is 38.0. The van der Waals surface area contributed by atoms with Gasteiger partial charge < -0.3 is 0 Å². The number of hydrogen-bond donors (Lipinski definition) is 0. The van der Waals surface area contributed by atoms with Crippen LogP contribution in [0.3, 0.4) is 0 Å². The van der Waals surface area contributed by atoms with E-state index < -0.39 is 0 Å². The van der Waals surface area contributed by atoms with Crippen LogP contribution in [0.5, 0.6) is 0 Å². The van der Waals surface area contributed by atoms with Gasteiger partial charge in [0.1, 0.15) is 0 Å². The van der Waals surface area contributed by atoms with E-state index in [1.807, 2.05) is 0 Å². The van der Waals surface area contributed by atoms with Crippen LogP contribution in [0.1, 0.15) is 66.8 Å². The van der Waals surface area contributed by atoms with Gasteiger partial charge in [-0.1, -0.05) is 400 Å². The maximum atomic E-state index is 2.44. The second kappa shape index (κ2) is 37.8. The minimum absolute atomic E-state index is 1.21. The molecule has 0 amide bonds. The summed E-state index contributed by atoms with van der Waals surface area (Å²) < 4.78 is 0. The third-order valence-corrected chi connectivity index (χ3v) is 29.0. The zero-order valence-electron chi connectivity index (χ0n) is 80.7. The molecule has 0 spiro atoms. The molecule has 0 radical (unpaired) electrons. The predicted molar refractivity (Wildman–Crippen MR) is 597 cm³/mol. The summed E-state index contributed by atoms with van der Waals surface area (Å²) in [4.78, 5) is 0. The van der Waals surface area contributed by atoms with Crippen molar-refractivity contribution in [3.63, 3.8) is 0 Å². The quantitative estimate of drug-likeness (QED) is 0.0952. The van der Waals surface area contributed by atoms with Gasteiger partial charge in [-0.05, 0) is 419 Å². The zero-order valence-corrected chi connectivity index (χ0v) is 80.7. The highest BCUT2D eigenvalue weighted by molar-refractivity contribution is 6.26. The van der Waals surface area contributed by atoms with Crippen molar-refractivity contribution < 1.29 is 0 Å². The van der Waals surface area contributed by atoms with E-state index in [2.05, 4.69) is 532 Å². The van der Waals surface area contributed by atoms with E-state index in [4.69, 9.17) is 0 Å². The van der Waals surface area contributed by atoms with E-state index in [9.17, 15) is 0 Å². The van der Waals surface area contributed by atoms with Gasteiger partial charge in [-0.3, -0.25) is 0 Å². The molecule has 0 aliphatic heterocycles. The Bertz CT molecular complexity index is 7740. The molecule has 0 aliphatic rings. The summed E-state index contributed by atoms with van der Waals surface area (Å²) in [6.07, 6.45) is 0. The first-order chi connectivity index (χ1) is 67.4. The highest BCUT2D eigenvalue weighted by atomic mass is 14.3. The van der Waals surface area contributed by atoms with Gasteiger partial charge in [0.15, 0.2) is 0 Å². The van der Waals surface area contributed by atoms with Crippen LogP contribution in [-0.2, 0) is 0 Å². The Labute approximate surface area is 813 Å². The van der Waals surface area contributed by atoms with Crippen LogP contribution in [-0.4, -0.2) is 0 Å². The van der Waals surface area contributed by atoms with Crippen LogP contribution in [0, 0.1) is 83.1 Å². The van der Waals surface area contributed by atoms with Crippen molar-refractivity contribution in [1.29, 1.82) is 0 Å². The molecule has 0 N–H and O–H groups in total. The molecule has 0 saturated carbocycles. The molecule has 0 aliphatic carbocycles. The molecule has 0 unspecified atom stereocenters. The second-order valence-corrected chi connectivity index (χ2v) is 38.0. The molecule has 0 heteroatoms. The molecule has 23 aromatic rings. The summed E-state index contributed by atoms with van der Waals surface area (Å²) >= 11 is 0. The van der Waals surface area contributed by atoms with Gasteiger partial charge in [0.25, 0.3) is 0 Å². The standard InChI is InChI=1S/C54H42.2C42H34/c1-35-25-49-50(26-36(35)2)54(48-33-45(41-21-13-7-14-22-41)30-46(34-48)42-23-15-8-16-24-42)52-28-38(4)37(3)27-51(52)53(49)47-31-43(39-17-9-5-10-18-39)29-44(32-47)40-19-11-6-12-20-40;1-27-21-37-38(22-28(27)2)42(36-20-12-18-34(26-36)32-15-9-6-10-16-32)40-24-30(4)29(3)23-39(40)41(37)35-19-11-17-33(25-35)31-13-7-5-8-14-31;1-27-23-37-38(24-28(27)2)42(36-21-17-34(18-22-36)32-13-9-6-10-14-32)40-26-30(4)29(3)25-39(40)41(37)35-19-15-33(16-20-35)31-11-7-5-8-12-31/h5-34H,1-4H3;2*5-26H,1-4H3. The zero-order chi connectivity index (χ0) is 94.3. The van der Waals surface area contributed by atoms with E-state index in [-0.39, 0.29) is 0 Å². The molecule has 0 fully saturated rings. The van der Waals surface area contributed by atoms with E-state index in [0.29, 0.717) is 0 Å². The number of rotatable bonds is 14. The summed E-state index contributed by atoms with van der Waals surface area (Å²) in [5, 5.41) is 15.6. The number of benzene rings is 23. The summed E-state index contributed by atoms with van der Waals surface area (Å²) in [5.74, 6) is 0. The lowest BCUT2D eigenvalue weighted by Crippen LogP contribution is -1.96. The van der Waals surface area contributed by atoms with Crippen molar-refractivity contribution in [3.8, 4) is 156 Å². The molecule has 662 valence electrons. The Morgan fingerprint density at radius 1 is 0.0797 bits per heavy atom. The predicted octanol–water partition coefficient (Wildman–Crippen LogP) is 39.0. The highest BCUT2D eigenvalue weighted by Gasteiger charge is 2.26. The van der Waals surface area contributed by atoms with E-state index in [1.54, 1.807) is 0 Å². The first kappa shape index (κ1) is 88.2. The monoisotopic (exact) mass is 1770 g/mol. The average Bonchev–Trinajstić information content (AvgIpc) is 0.731. The fourth-order valence-corrected chi connectivity index (χ4v) is 20.7. The molecule has 23 rings (SSSR count). The fourth-order valence-electron chi connectivity index (χ4n) is 20.7. The summed E-state index contributed by atoms with van der Waals surface area (Å²) in [7, 11) is 0. The fraction of sp³-hybridized carbons (Fsp3) is 0.0870. The summed E-state index contributed by atoms with van der Waals surface area (Å²) in [5.41, 5.74) is 50.6. The van der Waals surface area contributed by atoms with Crippen LogP contribution < -0.4 is 0 Å². The van der Waals surface area contributed by atoms with E-state index >= 15 is 0 Å². The number of fused-ring (bicyclic) bond motifs is 6. The normalized spacial score (nSPS) is 11.3. The lowest BCUT2D eigenvalue weighted by atomic mass is 9.81. The van der Waals surface area contributed by atoms with E-state index in [1.165, 1.54) is 287 Å². The van der Waals surface area contributed by atoms with Crippen molar-refractivity contribution in [1.82, 2.24) is 0 Å². The van der Waals surface area contributed by atoms with Crippen LogP contribution in [0.25, 0.3) is 220 Å². The smallest absolute Gasteiger partial charge is 0.00257 e. The molecule has 0 heterocycles. The first-order valence-electron chi connectivity index (χ1n) is 48.5. The molecular weight excluding hydrogens is 1660 g/mol. The largest absolute Gasteiger partial charge is 0.0622 e. The van der Waals surface area contributed by atoms with Gasteiger partial charge in [-0.15, -0.1) is 0 Å². The first-order valence-corrected chi connectivity index (χ1v) is 48.5. The minimum atomic E-state index is 1.21. The molecular formula is C138H110. The Morgan fingerprint density at radius 2 is 0.196 bits per heavy atom. The third-order valence-electron chi connectivity index (χ3n) is 29.0. The lowest BCUT2D eigenvalue weighted by Gasteiger charge is -2.22. The maximum Gasteiger partial charge on any atom is -0.00257 e. The van der Waals surface area contributed by atoms with Crippen molar-refractivity contribution >= 4 is 64.6 Å². The van der Waals surface area contributed by atoms with Gasteiger partial charge in [0, 0.05) is 0 Å². The van der Waals surface area contributed by atoms with E-state index in [0.717, 1.165) is 0 Å². The Morgan fingerprint density at radius 3 is 0.384 bits per heavy atom. The molecule has 0 bridgehead atoms.